The highest BCUT2D eigenvalue weighted by Crippen LogP contribution is 2.44. The Morgan fingerprint density at radius 3 is 2.84 bits per heavy atom. The third-order valence-electron chi connectivity index (χ3n) is 4.50. The van der Waals surface area contributed by atoms with Crippen molar-refractivity contribution in [2.24, 2.45) is 11.8 Å². The molecule has 0 saturated heterocycles. The van der Waals surface area contributed by atoms with Crippen molar-refractivity contribution in [3.8, 4) is 0 Å². The lowest BCUT2D eigenvalue weighted by Gasteiger charge is -2.24. The van der Waals surface area contributed by atoms with Crippen molar-refractivity contribution >= 4 is 34.6 Å². The minimum Gasteiger partial charge on any atom is -0.359 e. The van der Waals surface area contributed by atoms with E-state index in [1.807, 2.05) is 18.2 Å². The first kappa shape index (κ1) is 13.2. The predicted octanol–water partition coefficient (Wildman–Crippen LogP) is 4.12. The van der Waals surface area contributed by atoms with E-state index < -0.39 is 0 Å². The van der Waals surface area contributed by atoms with Crippen LogP contribution in [-0.2, 0) is 0 Å². The maximum absolute atomic E-state index is 6.02. The maximum atomic E-state index is 6.02. The first-order valence-electron chi connectivity index (χ1n) is 6.95. The number of hydrogen-bond acceptors (Lipinski definition) is 1. The molecule has 0 spiro atoms. The van der Waals surface area contributed by atoms with Gasteiger partial charge in [0.1, 0.15) is 0 Å². The molecule has 3 atom stereocenters. The van der Waals surface area contributed by atoms with Crippen LogP contribution in [0, 0.1) is 18.8 Å². The van der Waals surface area contributed by atoms with Gasteiger partial charge in [-0.05, 0) is 67.9 Å². The van der Waals surface area contributed by atoms with Gasteiger partial charge in [0.25, 0.3) is 0 Å². The highest BCUT2D eigenvalue weighted by atomic mass is 35.5. The summed E-state index contributed by atoms with van der Waals surface area (Å²) in [4.78, 5) is 0. The van der Waals surface area contributed by atoms with Crippen molar-refractivity contribution < 1.29 is 0 Å². The summed E-state index contributed by atoms with van der Waals surface area (Å²) in [6, 6.07) is 6.39. The summed E-state index contributed by atoms with van der Waals surface area (Å²) < 4.78 is 0. The van der Waals surface area contributed by atoms with Crippen LogP contribution < -0.4 is 10.6 Å². The molecule has 2 nitrogen and oxygen atoms in total. The van der Waals surface area contributed by atoms with Crippen molar-refractivity contribution in [2.45, 2.75) is 38.6 Å². The van der Waals surface area contributed by atoms with E-state index in [1.54, 1.807) is 0 Å². The molecule has 0 amide bonds. The zero-order valence-electron chi connectivity index (χ0n) is 11.1. The molecule has 0 radical (unpaired) electrons. The number of aryl methyl sites for hydroxylation is 1. The van der Waals surface area contributed by atoms with Crippen LogP contribution >= 0.6 is 23.8 Å². The number of anilines is 1. The topological polar surface area (TPSA) is 24.1 Å². The van der Waals surface area contributed by atoms with Gasteiger partial charge in [0.05, 0.1) is 0 Å². The zero-order valence-corrected chi connectivity index (χ0v) is 12.7. The van der Waals surface area contributed by atoms with Gasteiger partial charge in [0.15, 0.2) is 5.11 Å². The van der Waals surface area contributed by atoms with Gasteiger partial charge in [-0.2, -0.15) is 0 Å². The number of hydrogen-bond donors (Lipinski definition) is 2. The molecule has 0 aromatic heterocycles. The van der Waals surface area contributed by atoms with Crippen LogP contribution in [0.3, 0.4) is 0 Å². The van der Waals surface area contributed by atoms with Crippen LogP contribution in [0.15, 0.2) is 18.2 Å². The zero-order chi connectivity index (χ0) is 13.4. The van der Waals surface area contributed by atoms with E-state index in [9.17, 15) is 0 Å². The fourth-order valence-corrected chi connectivity index (χ4v) is 3.91. The molecule has 0 heterocycles. The van der Waals surface area contributed by atoms with E-state index in [1.165, 1.54) is 25.7 Å². The second kappa shape index (κ2) is 5.29. The summed E-state index contributed by atoms with van der Waals surface area (Å²) in [5, 5.41) is 8.21. The number of benzene rings is 1. The molecule has 102 valence electrons. The average molecular weight is 295 g/mol. The molecule has 3 rings (SSSR count). The van der Waals surface area contributed by atoms with E-state index in [2.05, 4.69) is 17.6 Å². The average Bonchev–Trinajstić information content (AvgIpc) is 2.96. The summed E-state index contributed by atoms with van der Waals surface area (Å²) in [6.45, 7) is 2.05. The molecule has 2 bridgehead atoms. The molecule has 2 saturated carbocycles. The Hall–Kier alpha value is -0.800. The van der Waals surface area contributed by atoms with E-state index in [0.29, 0.717) is 6.04 Å². The Kier molecular flexibility index (Phi) is 3.68. The summed E-state index contributed by atoms with van der Waals surface area (Å²) in [5.74, 6) is 1.75. The fourth-order valence-electron chi connectivity index (χ4n) is 3.48. The first-order chi connectivity index (χ1) is 9.11. The van der Waals surface area contributed by atoms with E-state index in [0.717, 1.165) is 33.2 Å². The molecule has 2 fully saturated rings. The summed E-state index contributed by atoms with van der Waals surface area (Å²) in [5.41, 5.74) is 2.15. The second-order valence-corrected chi connectivity index (χ2v) is 6.68. The molecular formula is C15H19ClN2S. The normalized spacial score (nSPS) is 28.4. The standard InChI is InChI=1S/C15H19ClN2S/c1-9-2-5-12(16)8-13(9)17-15(19)18-14-7-10-3-4-11(14)6-10/h2,5,8,10-11,14H,3-4,6-7H2,1H3,(H2,17,18,19)/t10-,11+,14+/m0/s1. The Labute approximate surface area is 124 Å². The Bertz CT molecular complexity index is 503. The van der Waals surface area contributed by atoms with Crippen molar-refractivity contribution in [3.05, 3.63) is 28.8 Å². The minimum absolute atomic E-state index is 0.568. The predicted molar refractivity (Wildman–Crippen MR) is 84.8 cm³/mol. The van der Waals surface area contributed by atoms with Gasteiger partial charge in [0, 0.05) is 16.8 Å². The number of thiocarbonyl (C=S) groups is 1. The SMILES string of the molecule is Cc1ccc(Cl)cc1NC(=S)N[C@@H]1C[C@H]2CC[C@@H]1C2. The third kappa shape index (κ3) is 2.87. The molecule has 0 unspecified atom stereocenters. The quantitative estimate of drug-likeness (QED) is 0.802. The lowest BCUT2D eigenvalue weighted by Crippen LogP contribution is -2.40. The van der Waals surface area contributed by atoms with Crippen LogP contribution in [0.25, 0.3) is 0 Å². The van der Waals surface area contributed by atoms with Crippen LogP contribution in [-0.4, -0.2) is 11.2 Å². The Morgan fingerprint density at radius 2 is 2.16 bits per heavy atom. The molecule has 2 N–H and O–H groups in total. The summed E-state index contributed by atoms with van der Waals surface area (Å²) >= 11 is 11.4. The third-order valence-corrected chi connectivity index (χ3v) is 4.96. The molecule has 0 aliphatic heterocycles. The smallest absolute Gasteiger partial charge is 0.171 e. The maximum Gasteiger partial charge on any atom is 0.171 e. The minimum atomic E-state index is 0.568. The molecule has 2 aliphatic rings. The summed E-state index contributed by atoms with van der Waals surface area (Å²) in [6.07, 6.45) is 5.44. The second-order valence-electron chi connectivity index (χ2n) is 5.84. The fraction of sp³-hybridized carbons (Fsp3) is 0.533. The van der Waals surface area contributed by atoms with Gasteiger partial charge in [-0.15, -0.1) is 0 Å². The highest BCUT2D eigenvalue weighted by Gasteiger charge is 2.39. The lowest BCUT2D eigenvalue weighted by atomic mass is 9.95. The molecule has 19 heavy (non-hydrogen) atoms. The van der Waals surface area contributed by atoms with Crippen molar-refractivity contribution in [3.63, 3.8) is 0 Å². The van der Waals surface area contributed by atoms with Crippen molar-refractivity contribution in [1.29, 1.82) is 0 Å². The lowest BCUT2D eigenvalue weighted by molar-refractivity contribution is 0.392. The van der Waals surface area contributed by atoms with E-state index in [4.69, 9.17) is 23.8 Å². The van der Waals surface area contributed by atoms with Crippen LogP contribution in [0.2, 0.25) is 5.02 Å². The first-order valence-corrected chi connectivity index (χ1v) is 7.74. The van der Waals surface area contributed by atoms with Gasteiger partial charge in [0.2, 0.25) is 0 Å². The molecule has 1 aromatic carbocycles. The van der Waals surface area contributed by atoms with Gasteiger partial charge >= 0.3 is 0 Å². The van der Waals surface area contributed by atoms with Gasteiger partial charge < -0.3 is 10.6 Å². The molecule has 1 aromatic rings. The van der Waals surface area contributed by atoms with Crippen LogP contribution in [0.4, 0.5) is 5.69 Å². The van der Waals surface area contributed by atoms with Crippen LogP contribution in [0.1, 0.15) is 31.2 Å². The highest BCUT2D eigenvalue weighted by molar-refractivity contribution is 7.80. The Morgan fingerprint density at radius 1 is 1.32 bits per heavy atom. The van der Waals surface area contributed by atoms with Crippen LogP contribution in [0.5, 0.6) is 0 Å². The molecule has 2 aliphatic carbocycles. The Balaban J connectivity index is 1.61. The number of rotatable bonds is 2. The summed E-state index contributed by atoms with van der Waals surface area (Å²) in [7, 11) is 0. The monoisotopic (exact) mass is 294 g/mol. The van der Waals surface area contributed by atoms with Gasteiger partial charge in [-0.1, -0.05) is 24.1 Å². The van der Waals surface area contributed by atoms with Crippen molar-refractivity contribution in [2.75, 3.05) is 5.32 Å². The number of fused-ring (bicyclic) bond motifs is 2. The molecular weight excluding hydrogens is 276 g/mol. The van der Waals surface area contributed by atoms with Gasteiger partial charge in [-0.25, -0.2) is 0 Å². The largest absolute Gasteiger partial charge is 0.359 e. The van der Waals surface area contributed by atoms with Crippen molar-refractivity contribution in [1.82, 2.24) is 5.32 Å². The number of nitrogens with one attached hydrogen (secondary N) is 2. The van der Waals surface area contributed by atoms with Gasteiger partial charge in [-0.3, -0.25) is 0 Å². The van der Waals surface area contributed by atoms with E-state index >= 15 is 0 Å². The van der Waals surface area contributed by atoms with E-state index in [-0.39, 0.29) is 0 Å². The number of halogens is 1. The molecule has 4 heteroatoms.